The second kappa shape index (κ2) is 8.68. The number of hydrogen-bond acceptors (Lipinski definition) is 6. The summed E-state index contributed by atoms with van der Waals surface area (Å²) in [6.07, 6.45) is 1.01. The minimum atomic E-state index is -3.66. The first-order valence-corrected chi connectivity index (χ1v) is 13.4. The van der Waals surface area contributed by atoms with Gasteiger partial charge in [-0.25, -0.2) is 8.42 Å². The summed E-state index contributed by atoms with van der Waals surface area (Å²) in [5, 5.41) is 13.0. The average molecular weight is 498 g/mol. The molecule has 0 aromatic heterocycles. The number of carbonyl (C=O) groups excluding carboxylic acids is 1. The number of sulfonamides is 1. The third-order valence-corrected chi connectivity index (χ3v) is 10.0. The van der Waals surface area contributed by atoms with Gasteiger partial charge in [-0.05, 0) is 41.8 Å². The molecular formula is C24H23N3O5S2. The molecule has 10 heteroatoms. The predicted molar refractivity (Wildman–Crippen MR) is 131 cm³/mol. The van der Waals surface area contributed by atoms with Crippen molar-refractivity contribution >= 4 is 44.2 Å². The highest BCUT2D eigenvalue weighted by molar-refractivity contribution is 8.00. The Labute approximate surface area is 201 Å². The Morgan fingerprint density at radius 2 is 1.68 bits per heavy atom. The second-order valence-electron chi connectivity index (χ2n) is 8.47. The van der Waals surface area contributed by atoms with Gasteiger partial charge in [0.05, 0.1) is 14.7 Å². The molecule has 1 spiro atoms. The number of amides is 1. The molecule has 176 valence electrons. The molecule has 0 saturated carbocycles. The van der Waals surface area contributed by atoms with E-state index in [1.54, 1.807) is 34.9 Å². The fourth-order valence-corrected chi connectivity index (χ4v) is 7.70. The number of nitro benzene ring substituents is 1. The Hall–Kier alpha value is -2.95. The third kappa shape index (κ3) is 3.95. The summed E-state index contributed by atoms with van der Waals surface area (Å²) in [5.41, 5.74) is 0.158. The summed E-state index contributed by atoms with van der Waals surface area (Å²) in [5.74, 6) is 0.498. The highest BCUT2D eigenvalue weighted by atomic mass is 32.2. The van der Waals surface area contributed by atoms with E-state index in [1.165, 1.54) is 22.5 Å². The molecular weight excluding hydrogens is 474 g/mol. The van der Waals surface area contributed by atoms with E-state index in [-0.39, 0.29) is 22.1 Å². The SMILES string of the molecule is O=C(c1cccc([N+](=O)[O-])c1)N1CCSC12CCN(S(=O)(=O)c1ccc3ccccc3c1)CC2. The van der Waals surface area contributed by atoms with Crippen LogP contribution in [-0.4, -0.2) is 58.7 Å². The molecule has 5 rings (SSSR count). The van der Waals surface area contributed by atoms with Crippen LogP contribution in [0.15, 0.2) is 71.6 Å². The molecule has 2 heterocycles. The predicted octanol–water partition coefficient (Wildman–Crippen LogP) is 4.12. The Kier molecular flexibility index (Phi) is 5.83. The van der Waals surface area contributed by atoms with Crippen LogP contribution in [0.1, 0.15) is 23.2 Å². The molecule has 0 bridgehead atoms. The van der Waals surface area contributed by atoms with Crippen molar-refractivity contribution in [3.63, 3.8) is 0 Å². The van der Waals surface area contributed by atoms with E-state index >= 15 is 0 Å². The fourth-order valence-electron chi connectivity index (χ4n) is 4.77. The van der Waals surface area contributed by atoms with Gasteiger partial charge in [-0.15, -0.1) is 11.8 Å². The molecule has 3 aromatic rings. The third-order valence-electron chi connectivity index (χ3n) is 6.59. The van der Waals surface area contributed by atoms with Crippen molar-refractivity contribution in [2.75, 3.05) is 25.4 Å². The first kappa shape index (κ1) is 22.8. The van der Waals surface area contributed by atoms with Crippen LogP contribution in [0.3, 0.4) is 0 Å². The zero-order valence-corrected chi connectivity index (χ0v) is 19.9. The summed E-state index contributed by atoms with van der Waals surface area (Å²) in [6, 6.07) is 18.6. The largest absolute Gasteiger partial charge is 0.323 e. The van der Waals surface area contributed by atoms with Crippen molar-refractivity contribution < 1.29 is 18.1 Å². The maximum absolute atomic E-state index is 13.3. The Balaban J connectivity index is 1.35. The van der Waals surface area contributed by atoms with Crippen LogP contribution in [-0.2, 0) is 10.0 Å². The summed E-state index contributed by atoms with van der Waals surface area (Å²) in [7, 11) is -3.66. The Morgan fingerprint density at radius 3 is 2.41 bits per heavy atom. The first-order valence-electron chi connectivity index (χ1n) is 11.0. The van der Waals surface area contributed by atoms with Crippen LogP contribution in [0.25, 0.3) is 10.8 Å². The molecule has 0 atom stereocenters. The van der Waals surface area contributed by atoms with E-state index in [2.05, 4.69) is 0 Å². The van der Waals surface area contributed by atoms with Crippen LogP contribution in [0.2, 0.25) is 0 Å². The minimum Gasteiger partial charge on any atom is -0.323 e. The number of fused-ring (bicyclic) bond motifs is 1. The van der Waals surface area contributed by atoms with Crippen molar-refractivity contribution in [1.82, 2.24) is 9.21 Å². The number of non-ortho nitro benzene ring substituents is 1. The van der Waals surface area contributed by atoms with Gasteiger partial charge in [0.15, 0.2) is 0 Å². The normalized spacial score (nSPS) is 18.4. The van der Waals surface area contributed by atoms with Crippen molar-refractivity contribution in [2.24, 2.45) is 0 Å². The quantitative estimate of drug-likeness (QED) is 0.397. The molecule has 8 nitrogen and oxygen atoms in total. The molecule has 0 radical (unpaired) electrons. The van der Waals surface area contributed by atoms with E-state index in [4.69, 9.17) is 0 Å². The maximum Gasteiger partial charge on any atom is 0.270 e. The summed E-state index contributed by atoms with van der Waals surface area (Å²) in [6.45, 7) is 1.14. The van der Waals surface area contributed by atoms with Gasteiger partial charge < -0.3 is 4.90 Å². The van der Waals surface area contributed by atoms with Crippen molar-refractivity contribution in [1.29, 1.82) is 0 Å². The van der Waals surface area contributed by atoms with Gasteiger partial charge in [0.2, 0.25) is 10.0 Å². The van der Waals surface area contributed by atoms with Gasteiger partial charge in [0.25, 0.3) is 11.6 Å². The molecule has 0 unspecified atom stereocenters. The number of nitro groups is 1. The van der Waals surface area contributed by atoms with Crippen LogP contribution in [0.4, 0.5) is 5.69 Å². The number of rotatable bonds is 4. The molecule has 34 heavy (non-hydrogen) atoms. The van der Waals surface area contributed by atoms with Crippen molar-refractivity contribution in [3.8, 4) is 0 Å². The van der Waals surface area contributed by atoms with Gasteiger partial charge in [-0.3, -0.25) is 14.9 Å². The van der Waals surface area contributed by atoms with Gasteiger partial charge in [-0.1, -0.05) is 36.4 Å². The molecule has 2 fully saturated rings. The molecule has 3 aromatic carbocycles. The Bertz CT molecular complexity index is 1380. The van der Waals surface area contributed by atoms with E-state index in [1.807, 2.05) is 30.3 Å². The lowest BCUT2D eigenvalue weighted by Crippen LogP contribution is -2.53. The molecule has 0 aliphatic carbocycles. The number of hydrogen-bond donors (Lipinski definition) is 0. The minimum absolute atomic E-state index is 0.122. The van der Waals surface area contributed by atoms with Gasteiger partial charge >= 0.3 is 0 Å². The molecule has 1 amide bonds. The van der Waals surface area contributed by atoms with E-state index in [0.717, 1.165) is 16.5 Å². The van der Waals surface area contributed by atoms with Crippen LogP contribution in [0, 0.1) is 10.1 Å². The van der Waals surface area contributed by atoms with E-state index < -0.39 is 19.8 Å². The second-order valence-corrected chi connectivity index (χ2v) is 11.9. The molecule has 2 aliphatic heterocycles. The van der Waals surface area contributed by atoms with Gasteiger partial charge in [-0.2, -0.15) is 4.31 Å². The monoisotopic (exact) mass is 497 g/mol. The lowest BCUT2D eigenvalue weighted by atomic mass is 10.0. The molecule has 2 aliphatic rings. The fraction of sp³-hybridized carbons (Fsp3) is 0.292. The smallest absolute Gasteiger partial charge is 0.270 e. The maximum atomic E-state index is 13.3. The molecule has 0 N–H and O–H groups in total. The highest BCUT2D eigenvalue weighted by Crippen LogP contribution is 2.45. The van der Waals surface area contributed by atoms with Crippen LogP contribution < -0.4 is 0 Å². The van der Waals surface area contributed by atoms with Crippen molar-refractivity contribution in [2.45, 2.75) is 22.6 Å². The summed E-state index contributed by atoms with van der Waals surface area (Å²) < 4.78 is 28.2. The highest BCUT2D eigenvalue weighted by Gasteiger charge is 2.48. The van der Waals surface area contributed by atoms with Crippen molar-refractivity contribution in [3.05, 3.63) is 82.4 Å². The van der Waals surface area contributed by atoms with Crippen LogP contribution >= 0.6 is 11.8 Å². The summed E-state index contributed by atoms with van der Waals surface area (Å²) >= 11 is 1.67. The lowest BCUT2D eigenvalue weighted by Gasteiger charge is -2.43. The number of carbonyl (C=O) groups is 1. The summed E-state index contributed by atoms with van der Waals surface area (Å²) in [4.78, 5) is 25.4. The van der Waals surface area contributed by atoms with E-state index in [9.17, 15) is 23.3 Å². The van der Waals surface area contributed by atoms with E-state index in [0.29, 0.717) is 32.5 Å². The number of thioether (sulfide) groups is 1. The topological polar surface area (TPSA) is 101 Å². The number of benzene rings is 3. The standard InChI is InChI=1S/C24H23N3O5S2/c28-23(20-6-3-7-21(16-20)27(29)30)26-14-15-33-24(26)10-12-25(13-11-24)34(31,32)22-9-8-18-4-1-2-5-19(18)17-22/h1-9,16-17H,10-15H2. The zero-order valence-electron chi connectivity index (χ0n) is 18.3. The number of nitrogens with zero attached hydrogens (tertiary/aromatic N) is 3. The Morgan fingerprint density at radius 1 is 0.941 bits per heavy atom. The molecule has 2 saturated heterocycles. The number of piperidine rings is 1. The lowest BCUT2D eigenvalue weighted by molar-refractivity contribution is -0.384. The van der Waals surface area contributed by atoms with Gasteiger partial charge in [0.1, 0.15) is 0 Å². The zero-order chi connectivity index (χ0) is 23.9. The van der Waals surface area contributed by atoms with Crippen LogP contribution in [0.5, 0.6) is 0 Å². The average Bonchev–Trinajstić information content (AvgIpc) is 3.26. The first-order chi connectivity index (χ1) is 16.3. The van der Waals surface area contributed by atoms with Gasteiger partial charge in [0, 0.05) is 43.1 Å².